The first kappa shape index (κ1) is 14.0. The van der Waals surface area contributed by atoms with Crippen LogP contribution in [0.5, 0.6) is 0 Å². The molecule has 6 heteroatoms. The maximum absolute atomic E-state index is 12.0. The van der Waals surface area contributed by atoms with E-state index in [0.717, 1.165) is 5.56 Å². The summed E-state index contributed by atoms with van der Waals surface area (Å²) in [4.78, 5) is 41.1. The lowest BCUT2D eigenvalue weighted by Gasteiger charge is -2.22. The van der Waals surface area contributed by atoms with Crippen LogP contribution in [0.15, 0.2) is 30.3 Å². The topological polar surface area (TPSA) is 66.9 Å². The fourth-order valence-corrected chi connectivity index (χ4v) is 1.90. The van der Waals surface area contributed by atoms with Crippen LogP contribution in [0.3, 0.4) is 0 Å². The summed E-state index contributed by atoms with van der Waals surface area (Å²) in [5.74, 6) is -0.946. The molecule has 0 unspecified atom stereocenters. The van der Waals surface area contributed by atoms with Crippen LogP contribution < -0.4 is 0 Å². The van der Waals surface area contributed by atoms with E-state index in [-0.39, 0.29) is 12.8 Å². The molecule has 20 heavy (non-hydrogen) atoms. The molecule has 0 aromatic heterocycles. The SMILES string of the molecule is CCN(Cc1ccccc1)C(=O)ON1C(=O)CCC1=O. The van der Waals surface area contributed by atoms with Gasteiger partial charge in [-0.15, -0.1) is 5.06 Å². The number of nitrogens with zero attached hydrogens (tertiary/aromatic N) is 2. The summed E-state index contributed by atoms with van der Waals surface area (Å²) in [5, 5.41) is 0.565. The molecule has 1 fully saturated rings. The highest BCUT2D eigenvalue weighted by Crippen LogP contribution is 2.14. The van der Waals surface area contributed by atoms with E-state index in [1.165, 1.54) is 4.90 Å². The van der Waals surface area contributed by atoms with Crippen LogP contribution in [-0.2, 0) is 21.0 Å². The Morgan fingerprint density at radius 1 is 1.20 bits per heavy atom. The summed E-state index contributed by atoms with van der Waals surface area (Å²) in [6.45, 7) is 2.59. The van der Waals surface area contributed by atoms with E-state index >= 15 is 0 Å². The lowest BCUT2D eigenvalue weighted by atomic mass is 10.2. The number of imide groups is 1. The number of amides is 3. The first-order valence-electron chi connectivity index (χ1n) is 6.48. The Labute approximate surface area is 116 Å². The molecule has 0 atom stereocenters. The largest absolute Gasteiger partial charge is 0.435 e. The van der Waals surface area contributed by atoms with Crippen molar-refractivity contribution in [3.8, 4) is 0 Å². The van der Waals surface area contributed by atoms with Gasteiger partial charge < -0.3 is 9.74 Å². The van der Waals surface area contributed by atoms with Gasteiger partial charge in [0.15, 0.2) is 0 Å². The highest BCUT2D eigenvalue weighted by atomic mass is 16.7. The van der Waals surface area contributed by atoms with Gasteiger partial charge in [-0.05, 0) is 12.5 Å². The number of benzene rings is 1. The van der Waals surface area contributed by atoms with E-state index in [9.17, 15) is 14.4 Å². The van der Waals surface area contributed by atoms with Crippen LogP contribution in [0.1, 0.15) is 25.3 Å². The molecule has 1 aromatic rings. The second-order valence-electron chi connectivity index (χ2n) is 4.44. The fourth-order valence-electron chi connectivity index (χ4n) is 1.90. The van der Waals surface area contributed by atoms with Crippen molar-refractivity contribution in [2.45, 2.75) is 26.3 Å². The highest BCUT2D eigenvalue weighted by molar-refractivity contribution is 6.01. The van der Waals surface area contributed by atoms with Crippen molar-refractivity contribution < 1.29 is 19.2 Å². The van der Waals surface area contributed by atoms with Crippen LogP contribution in [0.2, 0.25) is 0 Å². The molecule has 1 aliphatic heterocycles. The predicted octanol–water partition coefficient (Wildman–Crippen LogP) is 1.71. The summed E-state index contributed by atoms with van der Waals surface area (Å²) >= 11 is 0. The van der Waals surface area contributed by atoms with Crippen molar-refractivity contribution in [3.05, 3.63) is 35.9 Å². The third-order valence-electron chi connectivity index (χ3n) is 3.03. The molecule has 3 amide bonds. The molecule has 0 N–H and O–H groups in total. The van der Waals surface area contributed by atoms with Gasteiger partial charge in [0, 0.05) is 25.9 Å². The van der Waals surface area contributed by atoms with Gasteiger partial charge in [-0.1, -0.05) is 30.3 Å². The molecular formula is C14H16N2O4. The zero-order valence-corrected chi connectivity index (χ0v) is 11.2. The molecule has 0 bridgehead atoms. The molecule has 106 valence electrons. The van der Waals surface area contributed by atoms with Gasteiger partial charge in [0.2, 0.25) is 0 Å². The molecule has 0 radical (unpaired) electrons. The van der Waals surface area contributed by atoms with Gasteiger partial charge in [-0.2, -0.15) is 0 Å². The second-order valence-corrected chi connectivity index (χ2v) is 4.44. The van der Waals surface area contributed by atoms with Crippen LogP contribution in [0.25, 0.3) is 0 Å². The van der Waals surface area contributed by atoms with Crippen molar-refractivity contribution in [3.63, 3.8) is 0 Å². The van der Waals surface area contributed by atoms with Crippen molar-refractivity contribution in [1.82, 2.24) is 9.96 Å². The molecule has 6 nitrogen and oxygen atoms in total. The maximum atomic E-state index is 12.0. The zero-order valence-electron chi connectivity index (χ0n) is 11.2. The molecule has 1 saturated heterocycles. The summed E-state index contributed by atoms with van der Waals surface area (Å²) in [7, 11) is 0. The monoisotopic (exact) mass is 276 g/mol. The van der Waals surface area contributed by atoms with E-state index in [2.05, 4.69) is 0 Å². The van der Waals surface area contributed by atoms with E-state index in [0.29, 0.717) is 18.2 Å². The number of rotatable bonds is 4. The molecule has 1 aromatic carbocycles. The third kappa shape index (κ3) is 3.14. The van der Waals surface area contributed by atoms with Crippen molar-refractivity contribution in [2.24, 2.45) is 0 Å². The van der Waals surface area contributed by atoms with Crippen LogP contribution in [0, 0.1) is 0 Å². The van der Waals surface area contributed by atoms with Crippen molar-refractivity contribution in [1.29, 1.82) is 0 Å². The molecule has 0 saturated carbocycles. The lowest BCUT2D eigenvalue weighted by molar-refractivity contribution is -0.173. The standard InChI is InChI=1S/C14H16N2O4/c1-2-15(10-11-6-4-3-5-7-11)14(19)20-16-12(17)8-9-13(16)18/h3-7H,2,8-10H2,1H3. The van der Waals surface area contributed by atoms with Crippen molar-refractivity contribution in [2.75, 3.05) is 6.54 Å². The van der Waals surface area contributed by atoms with Gasteiger partial charge in [0.05, 0.1) is 0 Å². The lowest BCUT2D eigenvalue weighted by Crippen LogP contribution is -2.39. The fraction of sp³-hybridized carbons (Fsp3) is 0.357. The first-order valence-corrected chi connectivity index (χ1v) is 6.48. The third-order valence-corrected chi connectivity index (χ3v) is 3.03. The number of carbonyl (C=O) groups is 3. The highest BCUT2D eigenvalue weighted by Gasteiger charge is 2.33. The Hall–Kier alpha value is -2.37. The summed E-state index contributed by atoms with van der Waals surface area (Å²) < 4.78 is 0. The van der Waals surface area contributed by atoms with E-state index < -0.39 is 17.9 Å². The Kier molecular flexibility index (Phi) is 4.34. The Bertz CT molecular complexity index is 499. The Morgan fingerprint density at radius 3 is 2.35 bits per heavy atom. The normalized spacial score (nSPS) is 14.6. The summed E-state index contributed by atoms with van der Waals surface area (Å²) in [5.41, 5.74) is 0.949. The van der Waals surface area contributed by atoms with Gasteiger partial charge in [0.25, 0.3) is 11.8 Å². The molecule has 0 aliphatic carbocycles. The van der Waals surface area contributed by atoms with Gasteiger partial charge in [0.1, 0.15) is 0 Å². The smallest absolute Gasteiger partial charge is 0.311 e. The summed E-state index contributed by atoms with van der Waals surface area (Å²) in [6.07, 6.45) is -0.506. The molecule has 1 heterocycles. The number of hydroxylamine groups is 2. The van der Waals surface area contributed by atoms with Gasteiger partial charge in [-0.25, -0.2) is 4.79 Å². The Morgan fingerprint density at radius 2 is 1.80 bits per heavy atom. The van der Waals surface area contributed by atoms with E-state index in [4.69, 9.17) is 4.84 Å². The predicted molar refractivity (Wildman–Crippen MR) is 70.1 cm³/mol. The number of hydrogen-bond acceptors (Lipinski definition) is 4. The first-order chi connectivity index (χ1) is 9.61. The average Bonchev–Trinajstić information content (AvgIpc) is 2.77. The van der Waals surface area contributed by atoms with Gasteiger partial charge in [-0.3, -0.25) is 9.59 Å². The minimum absolute atomic E-state index is 0.0942. The van der Waals surface area contributed by atoms with Crippen molar-refractivity contribution >= 4 is 17.9 Å². The average molecular weight is 276 g/mol. The Balaban J connectivity index is 1.99. The zero-order chi connectivity index (χ0) is 14.5. The van der Waals surface area contributed by atoms with Crippen LogP contribution in [-0.4, -0.2) is 34.4 Å². The quantitative estimate of drug-likeness (QED) is 0.785. The maximum Gasteiger partial charge on any atom is 0.435 e. The molecular weight excluding hydrogens is 260 g/mol. The van der Waals surface area contributed by atoms with Crippen LogP contribution >= 0.6 is 0 Å². The summed E-state index contributed by atoms with van der Waals surface area (Å²) in [6, 6.07) is 9.42. The number of carbonyl (C=O) groups excluding carboxylic acids is 3. The molecule has 1 aliphatic rings. The van der Waals surface area contributed by atoms with E-state index in [1.54, 1.807) is 6.92 Å². The molecule has 0 spiro atoms. The molecule has 2 rings (SSSR count). The minimum atomic E-state index is -0.694. The second kappa shape index (κ2) is 6.18. The minimum Gasteiger partial charge on any atom is -0.311 e. The van der Waals surface area contributed by atoms with E-state index in [1.807, 2.05) is 30.3 Å². The number of hydrogen-bond donors (Lipinski definition) is 0. The van der Waals surface area contributed by atoms with Gasteiger partial charge >= 0.3 is 6.09 Å². The van der Waals surface area contributed by atoms with Crippen LogP contribution in [0.4, 0.5) is 4.79 Å².